The molecule has 7 nitrogen and oxygen atoms in total. The number of nitrogens with one attached hydrogen (secondary N) is 1. The standard InChI is InChI=1S/C26H27N3O4S3/c1-3-29-14-12-19-22(16-29)35-26(24(19)25-27-20-6-4-5-7-21(20)34-25)28-23(30)13-15-36(31,32)18-10-8-17(33-2)9-11-18/h4-11H,3,12-16H2,1-2H3,(H,28,30). The van der Waals surface area contributed by atoms with Crippen molar-refractivity contribution in [3.8, 4) is 16.3 Å². The van der Waals surface area contributed by atoms with Gasteiger partial charge in [-0.1, -0.05) is 19.1 Å². The first-order valence-corrected chi connectivity index (χ1v) is 15.1. The summed E-state index contributed by atoms with van der Waals surface area (Å²) >= 11 is 3.20. The van der Waals surface area contributed by atoms with Gasteiger partial charge in [0.15, 0.2) is 9.84 Å². The molecule has 0 bridgehead atoms. The Morgan fingerprint density at radius 1 is 1.14 bits per heavy atom. The number of methoxy groups -OCH3 is 1. The lowest BCUT2D eigenvalue weighted by atomic mass is 10.0. The molecule has 0 unspecified atom stereocenters. The van der Waals surface area contributed by atoms with Gasteiger partial charge in [0, 0.05) is 30.0 Å². The number of hydrogen-bond acceptors (Lipinski definition) is 8. The molecule has 5 rings (SSSR count). The molecule has 0 spiro atoms. The molecule has 0 saturated carbocycles. The molecule has 0 atom stereocenters. The first kappa shape index (κ1) is 24.9. The van der Waals surface area contributed by atoms with Gasteiger partial charge < -0.3 is 10.1 Å². The third-order valence-corrected chi connectivity index (χ3v) is 10.3. The van der Waals surface area contributed by atoms with Crippen LogP contribution < -0.4 is 10.1 Å². The van der Waals surface area contributed by atoms with E-state index in [0.717, 1.165) is 51.8 Å². The van der Waals surface area contributed by atoms with E-state index in [1.54, 1.807) is 34.8 Å². The predicted molar refractivity (Wildman–Crippen MR) is 146 cm³/mol. The number of nitrogens with zero attached hydrogens (tertiary/aromatic N) is 2. The fourth-order valence-corrected chi connectivity index (χ4v) is 7.99. The van der Waals surface area contributed by atoms with Crippen molar-refractivity contribution in [2.24, 2.45) is 0 Å². The molecule has 10 heteroatoms. The predicted octanol–water partition coefficient (Wildman–Crippen LogP) is 5.21. The molecule has 2 aromatic carbocycles. The van der Waals surface area contributed by atoms with Gasteiger partial charge in [0.1, 0.15) is 15.8 Å². The van der Waals surface area contributed by atoms with Crippen molar-refractivity contribution < 1.29 is 17.9 Å². The van der Waals surface area contributed by atoms with Gasteiger partial charge in [0.05, 0.1) is 28.0 Å². The second-order valence-electron chi connectivity index (χ2n) is 8.61. The zero-order valence-electron chi connectivity index (χ0n) is 20.1. The minimum absolute atomic E-state index is 0.128. The Kier molecular flexibility index (Phi) is 7.11. The molecule has 188 valence electrons. The van der Waals surface area contributed by atoms with Crippen LogP contribution in [0.2, 0.25) is 0 Å². The van der Waals surface area contributed by atoms with Crippen molar-refractivity contribution in [3.05, 3.63) is 59.0 Å². The van der Waals surface area contributed by atoms with Crippen LogP contribution >= 0.6 is 22.7 Å². The SMILES string of the molecule is CCN1CCc2c(sc(NC(=O)CCS(=O)(=O)c3ccc(OC)cc3)c2-c2nc3ccccc3s2)C1. The van der Waals surface area contributed by atoms with Crippen molar-refractivity contribution in [3.63, 3.8) is 0 Å². The van der Waals surface area contributed by atoms with Crippen LogP contribution in [0.5, 0.6) is 5.75 Å². The highest BCUT2D eigenvalue weighted by Gasteiger charge is 2.27. The Hall–Kier alpha value is -2.79. The number of benzene rings is 2. The Labute approximate surface area is 218 Å². The number of thiazole rings is 1. The fourth-order valence-electron chi connectivity index (χ4n) is 4.34. The van der Waals surface area contributed by atoms with Crippen LogP contribution in [-0.2, 0) is 27.6 Å². The van der Waals surface area contributed by atoms with Crippen LogP contribution in [0.3, 0.4) is 0 Å². The van der Waals surface area contributed by atoms with Crippen LogP contribution in [0.15, 0.2) is 53.4 Å². The zero-order valence-corrected chi connectivity index (χ0v) is 22.6. The number of likely N-dealkylation sites (N-methyl/N-ethyl adjacent to an activating group) is 1. The Bertz CT molecular complexity index is 1470. The lowest BCUT2D eigenvalue weighted by molar-refractivity contribution is -0.115. The Morgan fingerprint density at radius 3 is 2.64 bits per heavy atom. The first-order valence-electron chi connectivity index (χ1n) is 11.8. The van der Waals surface area contributed by atoms with Gasteiger partial charge in [0.25, 0.3) is 0 Å². The number of amides is 1. The molecule has 0 fully saturated rings. The number of fused-ring (bicyclic) bond motifs is 2. The monoisotopic (exact) mass is 541 g/mol. The summed E-state index contributed by atoms with van der Waals surface area (Å²) < 4.78 is 31.7. The van der Waals surface area contributed by atoms with E-state index in [-0.39, 0.29) is 23.0 Å². The van der Waals surface area contributed by atoms with Crippen molar-refractivity contribution in [1.29, 1.82) is 0 Å². The summed E-state index contributed by atoms with van der Waals surface area (Å²) in [6.45, 7) is 4.93. The number of sulfone groups is 1. The molecular weight excluding hydrogens is 515 g/mol. The maximum atomic E-state index is 13.0. The number of hydrogen-bond donors (Lipinski definition) is 1. The van der Waals surface area contributed by atoms with Gasteiger partial charge in [-0.25, -0.2) is 13.4 Å². The van der Waals surface area contributed by atoms with Gasteiger partial charge in [-0.3, -0.25) is 9.69 Å². The van der Waals surface area contributed by atoms with E-state index in [1.165, 1.54) is 29.7 Å². The Balaban J connectivity index is 1.39. The second-order valence-corrected chi connectivity index (χ2v) is 12.9. The molecule has 1 aliphatic heterocycles. The minimum Gasteiger partial charge on any atom is -0.497 e. The molecule has 0 radical (unpaired) electrons. The average Bonchev–Trinajstić information content (AvgIpc) is 3.47. The quantitative estimate of drug-likeness (QED) is 0.329. The van der Waals surface area contributed by atoms with Crippen LogP contribution in [0, 0.1) is 0 Å². The summed E-state index contributed by atoms with van der Waals surface area (Å²) in [4.78, 5) is 21.6. The van der Waals surface area contributed by atoms with E-state index >= 15 is 0 Å². The number of aromatic nitrogens is 1. The third kappa shape index (κ3) is 5.04. The molecule has 1 N–H and O–H groups in total. The molecule has 1 amide bonds. The highest BCUT2D eigenvalue weighted by Crippen LogP contribution is 2.45. The number of ether oxygens (including phenoxy) is 1. The molecule has 2 aromatic heterocycles. The van der Waals surface area contributed by atoms with E-state index in [9.17, 15) is 13.2 Å². The highest BCUT2D eigenvalue weighted by atomic mass is 32.2. The smallest absolute Gasteiger partial charge is 0.226 e. The van der Waals surface area contributed by atoms with Gasteiger partial charge in [-0.2, -0.15) is 0 Å². The van der Waals surface area contributed by atoms with E-state index in [0.29, 0.717) is 5.75 Å². The molecule has 3 heterocycles. The molecule has 0 aliphatic carbocycles. The third-order valence-electron chi connectivity index (χ3n) is 6.36. The van der Waals surface area contributed by atoms with Gasteiger partial charge in [0.2, 0.25) is 5.91 Å². The van der Waals surface area contributed by atoms with Crippen LogP contribution in [0.1, 0.15) is 23.8 Å². The topological polar surface area (TPSA) is 88.6 Å². The summed E-state index contributed by atoms with van der Waals surface area (Å²) in [5, 5.41) is 4.67. The van der Waals surface area contributed by atoms with Gasteiger partial charge >= 0.3 is 0 Å². The normalized spacial score (nSPS) is 14.1. The summed E-state index contributed by atoms with van der Waals surface area (Å²) in [5.41, 5.74) is 3.16. The molecule has 4 aromatic rings. The zero-order chi connectivity index (χ0) is 25.3. The number of rotatable bonds is 8. The molecule has 0 saturated heterocycles. The van der Waals surface area contributed by atoms with Crippen LogP contribution in [0.25, 0.3) is 20.8 Å². The molecule has 36 heavy (non-hydrogen) atoms. The van der Waals surface area contributed by atoms with Crippen LogP contribution in [-0.4, -0.2) is 50.2 Å². The van der Waals surface area contributed by atoms with E-state index in [2.05, 4.69) is 23.2 Å². The summed E-state index contributed by atoms with van der Waals surface area (Å²) in [6, 6.07) is 14.2. The van der Waals surface area contributed by atoms with Gasteiger partial charge in [-0.15, -0.1) is 22.7 Å². The van der Waals surface area contributed by atoms with E-state index < -0.39 is 9.84 Å². The van der Waals surface area contributed by atoms with E-state index in [4.69, 9.17) is 9.72 Å². The van der Waals surface area contributed by atoms with Crippen LogP contribution in [0.4, 0.5) is 5.00 Å². The van der Waals surface area contributed by atoms with Crippen molar-refractivity contribution in [1.82, 2.24) is 9.88 Å². The fraction of sp³-hybridized carbons (Fsp3) is 0.308. The summed E-state index contributed by atoms with van der Waals surface area (Å²) in [6.07, 6.45) is 0.768. The largest absolute Gasteiger partial charge is 0.497 e. The summed E-state index contributed by atoms with van der Waals surface area (Å²) in [5.74, 6) is -0.00571. The maximum Gasteiger partial charge on any atom is 0.226 e. The number of carbonyl (C=O) groups excluding carboxylic acids is 1. The first-order chi connectivity index (χ1) is 17.4. The Morgan fingerprint density at radius 2 is 1.92 bits per heavy atom. The minimum atomic E-state index is -3.60. The average molecular weight is 542 g/mol. The van der Waals surface area contributed by atoms with Crippen molar-refractivity contribution >= 4 is 53.6 Å². The van der Waals surface area contributed by atoms with Gasteiger partial charge in [-0.05, 0) is 54.9 Å². The lowest BCUT2D eigenvalue weighted by Crippen LogP contribution is -2.29. The van der Waals surface area contributed by atoms with E-state index in [1.807, 2.05) is 18.2 Å². The molecular formula is C26H27N3O4S3. The summed E-state index contributed by atoms with van der Waals surface area (Å²) in [7, 11) is -2.07. The van der Waals surface area contributed by atoms with Crippen molar-refractivity contribution in [2.45, 2.75) is 31.2 Å². The highest BCUT2D eigenvalue weighted by molar-refractivity contribution is 7.91. The maximum absolute atomic E-state index is 13.0. The second kappa shape index (κ2) is 10.3. The molecule has 1 aliphatic rings. The number of thiophene rings is 1. The number of para-hydroxylation sites is 1. The van der Waals surface area contributed by atoms with Crippen molar-refractivity contribution in [2.75, 3.05) is 31.3 Å². The number of carbonyl (C=O) groups is 1. The lowest BCUT2D eigenvalue weighted by Gasteiger charge is -2.25. The number of anilines is 1.